The van der Waals surface area contributed by atoms with Gasteiger partial charge in [-0.1, -0.05) is 24.1 Å². The Hall–Kier alpha value is -2.34. The van der Waals surface area contributed by atoms with Crippen LogP contribution in [0.2, 0.25) is 0 Å². The van der Waals surface area contributed by atoms with Gasteiger partial charge in [0.1, 0.15) is 0 Å². The fourth-order valence-corrected chi connectivity index (χ4v) is 6.24. The molecule has 1 aliphatic carbocycles. The summed E-state index contributed by atoms with van der Waals surface area (Å²) in [5.74, 6) is 0.790. The van der Waals surface area contributed by atoms with E-state index in [1.807, 2.05) is 11.0 Å². The average molecular weight is 410 g/mol. The van der Waals surface area contributed by atoms with Gasteiger partial charge in [-0.05, 0) is 68.7 Å². The van der Waals surface area contributed by atoms with Crippen LogP contribution in [-0.4, -0.2) is 60.6 Å². The van der Waals surface area contributed by atoms with E-state index >= 15 is 0 Å². The quantitative estimate of drug-likeness (QED) is 0.594. The van der Waals surface area contributed by atoms with E-state index in [4.69, 9.17) is 4.74 Å². The summed E-state index contributed by atoms with van der Waals surface area (Å²) in [6.45, 7) is 3.11. The number of fused-ring (bicyclic) bond motifs is 6. The lowest BCUT2D eigenvalue weighted by molar-refractivity contribution is 0.00908. The molecule has 4 aliphatic rings. The molecule has 6 nitrogen and oxygen atoms in total. The van der Waals surface area contributed by atoms with Gasteiger partial charge in [0.05, 0.1) is 18.7 Å². The molecule has 2 amide bonds. The number of carbonyl (C=O) groups is 2. The minimum Gasteiger partial charge on any atom is -0.465 e. The number of methoxy groups -OCH3 is 1. The summed E-state index contributed by atoms with van der Waals surface area (Å²) in [5, 5.41) is 3.03. The second-order valence-corrected chi connectivity index (χ2v) is 9.20. The summed E-state index contributed by atoms with van der Waals surface area (Å²) in [6.07, 6.45) is 9.86. The van der Waals surface area contributed by atoms with Gasteiger partial charge in [0, 0.05) is 24.8 Å². The standard InChI is InChI=1S/C24H31N3O3/c1-30-23(28)17-6-4-8-20(14-17)25-24(29)27-11-5-7-16-12-18-13-19(22(16)27)15-26-10-3-2-9-21(18)26/h4,6,8,12,14,18-19,21-22H,2-3,5,7,9-11,13,15H2,1H3,(H,25,29)/t18-,19-,21-,22-/m0/s1. The molecule has 6 heteroatoms. The average Bonchev–Trinajstić information content (AvgIpc) is 2.78. The maximum Gasteiger partial charge on any atom is 0.337 e. The number of amides is 2. The number of rotatable bonds is 2. The SMILES string of the molecule is COC(=O)c1cccc(NC(=O)N2CCCC3=C[C@H]4C[C@@H](CN5CCCC[C@@H]45)[C@H]32)c1. The van der Waals surface area contributed by atoms with Gasteiger partial charge in [0.25, 0.3) is 0 Å². The number of esters is 1. The first kappa shape index (κ1) is 19.6. The van der Waals surface area contributed by atoms with Gasteiger partial charge in [-0.15, -0.1) is 0 Å². The van der Waals surface area contributed by atoms with Crippen LogP contribution in [0.5, 0.6) is 0 Å². The minimum absolute atomic E-state index is 0.0631. The van der Waals surface area contributed by atoms with E-state index in [0.717, 1.165) is 25.9 Å². The van der Waals surface area contributed by atoms with E-state index < -0.39 is 5.97 Å². The molecule has 0 unspecified atom stereocenters. The third-order valence-corrected chi connectivity index (χ3v) is 7.45. The summed E-state index contributed by atoms with van der Waals surface area (Å²) in [4.78, 5) is 29.8. The van der Waals surface area contributed by atoms with Crippen LogP contribution in [-0.2, 0) is 4.74 Å². The number of piperidine rings is 3. The van der Waals surface area contributed by atoms with Crippen molar-refractivity contribution in [2.45, 2.75) is 50.6 Å². The molecule has 1 aromatic carbocycles. The number of likely N-dealkylation sites (tertiary alicyclic amines) is 1. The zero-order valence-corrected chi connectivity index (χ0v) is 17.7. The van der Waals surface area contributed by atoms with Crippen LogP contribution < -0.4 is 5.32 Å². The van der Waals surface area contributed by atoms with Gasteiger partial charge in [-0.25, -0.2) is 9.59 Å². The molecule has 0 aromatic heterocycles. The smallest absolute Gasteiger partial charge is 0.337 e. The Labute approximate surface area is 178 Å². The summed E-state index contributed by atoms with van der Waals surface area (Å²) in [7, 11) is 1.36. The highest BCUT2D eigenvalue weighted by Gasteiger charge is 2.46. The van der Waals surface area contributed by atoms with Crippen molar-refractivity contribution < 1.29 is 14.3 Å². The number of carbonyl (C=O) groups excluding carboxylic acids is 2. The molecular formula is C24H31N3O3. The highest BCUT2D eigenvalue weighted by molar-refractivity contribution is 5.94. The lowest BCUT2D eigenvalue weighted by Gasteiger charge is -2.54. The third-order valence-electron chi connectivity index (χ3n) is 7.45. The summed E-state index contributed by atoms with van der Waals surface area (Å²) in [5.41, 5.74) is 2.55. The van der Waals surface area contributed by atoms with Crippen molar-refractivity contribution in [1.29, 1.82) is 0 Å². The van der Waals surface area contributed by atoms with Gasteiger partial charge < -0.3 is 15.0 Å². The van der Waals surface area contributed by atoms with E-state index in [1.54, 1.807) is 18.2 Å². The van der Waals surface area contributed by atoms with E-state index in [0.29, 0.717) is 29.1 Å². The number of benzene rings is 1. The molecule has 3 saturated heterocycles. The van der Waals surface area contributed by atoms with Crippen LogP contribution in [0.15, 0.2) is 35.9 Å². The van der Waals surface area contributed by atoms with Crippen molar-refractivity contribution in [3.63, 3.8) is 0 Å². The van der Waals surface area contributed by atoms with Crippen LogP contribution in [0.3, 0.4) is 0 Å². The molecule has 3 aliphatic heterocycles. The highest BCUT2D eigenvalue weighted by atomic mass is 16.5. The van der Waals surface area contributed by atoms with E-state index in [2.05, 4.69) is 16.3 Å². The van der Waals surface area contributed by atoms with Gasteiger partial charge in [0.2, 0.25) is 0 Å². The lowest BCUT2D eigenvalue weighted by atomic mass is 9.68. The summed E-state index contributed by atoms with van der Waals surface area (Å²) < 4.78 is 4.80. The fourth-order valence-electron chi connectivity index (χ4n) is 6.24. The molecule has 0 saturated carbocycles. The largest absolute Gasteiger partial charge is 0.465 e. The molecule has 1 aromatic rings. The van der Waals surface area contributed by atoms with Crippen molar-refractivity contribution in [3.05, 3.63) is 41.5 Å². The summed E-state index contributed by atoms with van der Waals surface area (Å²) in [6, 6.07) is 7.83. The number of urea groups is 1. The Balaban J connectivity index is 1.36. The molecule has 30 heavy (non-hydrogen) atoms. The van der Waals surface area contributed by atoms with E-state index in [1.165, 1.54) is 44.9 Å². The topological polar surface area (TPSA) is 61.9 Å². The van der Waals surface area contributed by atoms with Crippen molar-refractivity contribution in [1.82, 2.24) is 9.80 Å². The van der Waals surface area contributed by atoms with Crippen LogP contribution >= 0.6 is 0 Å². The van der Waals surface area contributed by atoms with Crippen LogP contribution in [0.4, 0.5) is 10.5 Å². The number of ether oxygens (including phenoxy) is 1. The van der Waals surface area contributed by atoms with Crippen molar-refractivity contribution in [2.24, 2.45) is 11.8 Å². The number of nitrogens with one attached hydrogen (secondary N) is 1. The molecule has 3 heterocycles. The number of anilines is 1. The summed E-state index contributed by atoms with van der Waals surface area (Å²) >= 11 is 0. The van der Waals surface area contributed by atoms with Gasteiger partial charge in [0.15, 0.2) is 0 Å². The molecule has 0 spiro atoms. The third kappa shape index (κ3) is 3.51. The lowest BCUT2D eigenvalue weighted by Crippen LogP contribution is -2.60. The molecule has 2 bridgehead atoms. The number of hydrogen-bond donors (Lipinski definition) is 1. The molecule has 5 rings (SSSR count). The first-order valence-corrected chi connectivity index (χ1v) is 11.3. The zero-order chi connectivity index (χ0) is 20.7. The Kier molecular flexibility index (Phi) is 5.27. The fraction of sp³-hybridized carbons (Fsp3) is 0.583. The van der Waals surface area contributed by atoms with Crippen LogP contribution in [0, 0.1) is 11.8 Å². The van der Waals surface area contributed by atoms with Crippen LogP contribution in [0.1, 0.15) is 48.9 Å². The second-order valence-electron chi connectivity index (χ2n) is 9.20. The predicted molar refractivity (Wildman–Crippen MR) is 115 cm³/mol. The molecule has 3 fully saturated rings. The van der Waals surface area contributed by atoms with Gasteiger partial charge in [-0.3, -0.25) is 4.90 Å². The maximum absolute atomic E-state index is 13.3. The molecule has 160 valence electrons. The van der Waals surface area contributed by atoms with Crippen molar-refractivity contribution in [3.8, 4) is 0 Å². The van der Waals surface area contributed by atoms with Crippen molar-refractivity contribution >= 4 is 17.7 Å². The van der Waals surface area contributed by atoms with E-state index in [-0.39, 0.29) is 12.1 Å². The molecule has 0 radical (unpaired) electrons. The Morgan fingerprint density at radius 1 is 1.17 bits per heavy atom. The normalized spacial score (nSPS) is 30.6. The zero-order valence-electron chi connectivity index (χ0n) is 17.7. The Bertz CT molecular complexity index is 867. The van der Waals surface area contributed by atoms with E-state index in [9.17, 15) is 9.59 Å². The Morgan fingerprint density at radius 3 is 2.93 bits per heavy atom. The number of nitrogens with zero attached hydrogens (tertiary/aromatic N) is 2. The van der Waals surface area contributed by atoms with Crippen molar-refractivity contribution in [2.75, 3.05) is 32.1 Å². The maximum atomic E-state index is 13.3. The first-order valence-electron chi connectivity index (χ1n) is 11.3. The monoisotopic (exact) mass is 409 g/mol. The van der Waals surface area contributed by atoms with Gasteiger partial charge >= 0.3 is 12.0 Å². The minimum atomic E-state index is -0.397. The Morgan fingerprint density at radius 2 is 2.07 bits per heavy atom. The number of hydrogen-bond acceptors (Lipinski definition) is 4. The first-order chi connectivity index (χ1) is 14.6. The second kappa shape index (κ2) is 8.06. The van der Waals surface area contributed by atoms with Crippen LogP contribution in [0.25, 0.3) is 0 Å². The molecular weight excluding hydrogens is 378 g/mol. The predicted octanol–water partition coefficient (Wildman–Crippen LogP) is 3.90. The highest BCUT2D eigenvalue weighted by Crippen LogP contribution is 2.45. The molecule has 1 N–H and O–H groups in total. The molecule has 4 atom stereocenters. The van der Waals surface area contributed by atoms with Gasteiger partial charge in [-0.2, -0.15) is 0 Å².